The molecular formula is C14H16ClN7S. The maximum absolute atomic E-state index is 6.48. The Morgan fingerprint density at radius 2 is 2.04 bits per heavy atom. The van der Waals surface area contributed by atoms with Crippen molar-refractivity contribution in [1.82, 2.24) is 29.8 Å². The molecule has 3 aromatic rings. The van der Waals surface area contributed by atoms with Gasteiger partial charge in [-0.2, -0.15) is 19.6 Å². The maximum atomic E-state index is 6.48. The highest BCUT2D eigenvalue weighted by atomic mass is 35.5. The minimum atomic E-state index is 0.398. The van der Waals surface area contributed by atoms with Crippen molar-refractivity contribution >= 4 is 34.5 Å². The Kier molecular flexibility index (Phi) is 3.65. The van der Waals surface area contributed by atoms with Crippen molar-refractivity contribution in [3.8, 4) is 10.6 Å². The van der Waals surface area contributed by atoms with E-state index < -0.39 is 0 Å². The standard InChI is InChI=1S/C14H16ClN7S/c1-8-3-5-21(6-4-8)13-10(12-20-19-9(2)23-12)11(15)18-14-16-7-17-22(13)14/h7-8H,3-6H2,1-2H3. The molecule has 1 saturated heterocycles. The van der Waals surface area contributed by atoms with E-state index >= 15 is 0 Å². The number of piperidine rings is 1. The summed E-state index contributed by atoms with van der Waals surface area (Å²) in [6, 6.07) is 0. The van der Waals surface area contributed by atoms with Gasteiger partial charge < -0.3 is 4.90 Å². The monoisotopic (exact) mass is 349 g/mol. The first-order valence-corrected chi connectivity index (χ1v) is 8.77. The van der Waals surface area contributed by atoms with Gasteiger partial charge in [-0.3, -0.25) is 0 Å². The summed E-state index contributed by atoms with van der Waals surface area (Å²) in [6.45, 7) is 6.14. The fraction of sp³-hybridized carbons (Fsp3) is 0.500. The molecule has 0 saturated carbocycles. The van der Waals surface area contributed by atoms with E-state index in [4.69, 9.17) is 11.6 Å². The van der Waals surface area contributed by atoms with Crippen LogP contribution in [-0.4, -0.2) is 42.9 Å². The Morgan fingerprint density at radius 3 is 2.74 bits per heavy atom. The van der Waals surface area contributed by atoms with Gasteiger partial charge in [-0.05, 0) is 25.7 Å². The highest BCUT2D eigenvalue weighted by molar-refractivity contribution is 7.14. The SMILES string of the molecule is Cc1nnc(-c2c(Cl)nc3ncnn3c2N2CCC(C)CC2)s1. The Morgan fingerprint density at radius 1 is 1.26 bits per heavy atom. The summed E-state index contributed by atoms with van der Waals surface area (Å²) >= 11 is 7.99. The van der Waals surface area contributed by atoms with Crippen molar-refractivity contribution < 1.29 is 0 Å². The molecule has 0 N–H and O–H groups in total. The summed E-state index contributed by atoms with van der Waals surface area (Å²) < 4.78 is 1.76. The molecule has 0 aromatic carbocycles. The zero-order valence-corrected chi connectivity index (χ0v) is 14.5. The number of nitrogens with zero attached hydrogens (tertiary/aromatic N) is 7. The molecule has 0 atom stereocenters. The highest BCUT2D eigenvalue weighted by Gasteiger charge is 2.26. The van der Waals surface area contributed by atoms with Gasteiger partial charge in [0.25, 0.3) is 5.78 Å². The molecule has 4 heterocycles. The number of hydrogen-bond acceptors (Lipinski definition) is 7. The molecule has 1 aliphatic rings. The molecule has 9 heteroatoms. The molecule has 0 radical (unpaired) electrons. The normalized spacial score (nSPS) is 16.4. The van der Waals surface area contributed by atoms with Crippen LogP contribution in [0.1, 0.15) is 24.8 Å². The Hall–Kier alpha value is -1.80. The van der Waals surface area contributed by atoms with E-state index in [1.54, 1.807) is 4.52 Å². The van der Waals surface area contributed by atoms with Crippen LogP contribution in [0.25, 0.3) is 16.3 Å². The van der Waals surface area contributed by atoms with Crippen LogP contribution in [0.2, 0.25) is 5.15 Å². The third-order valence-electron chi connectivity index (χ3n) is 4.18. The van der Waals surface area contributed by atoms with Gasteiger partial charge in [0.1, 0.15) is 22.3 Å². The summed E-state index contributed by atoms with van der Waals surface area (Å²) in [7, 11) is 0. The minimum Gasteiger partial charge on any atom is -0.356 e. The Bertz CT molecular complexity index is 850. The van der Waals surface area contributed by atoms with Gasteiger partial charge in [-0.25, -0.2) is 0 Å². The summed E-state index contributed by atoms with van der Waals surface area (Å²) in [4.78, 5) is 10.9. The smallest absolute Gasteiger partial charge is 0.255 e. The van der Waals surface area contributed by atoms with Crippen LogP contribution in [0, 0.1) is 12.8 Å². The van der Waals surface area contributed by atoms with Crippen molar-refractivity contribution in [1.29, 1.82) is 0 Å². The second kappa shape index (κ2) is 5.68. The third kappa shape index (κ3) is 2.55. The molecule has 120 valence electrons. The summed E-state index contributed by atoms with van der Waals surface area (Å²) in [5.41, 5.74) is 0.796. The van der Waals surface area contributed by atoms with Crippen LogP contribution >= 0.6 is 22.9 Å². The first-order valence-electron chi connectivity index (χ1n) is 7.58. The van der Waals surface area contributed by atoms with E-state index in [2.05, 4.69) is 37.1 Å². The molecule has 0 bridgehead atoms. The van der Waals surface area contributed by atoms with Gasteiger partial charge in [-0.1, -0.05) is 29.9 Å². The first-order chi connectivity index (χ1) is 11.1. The Labute approximate surface area is 142 Å². The number of fused-ring (bicyclic) bond motifs is 1. The molecule has 23 heavy (non-hydrogen) atoms. The fourth-order valence-corrected chi connectivity index (χ4v) is 3.94. The first kappa shape index (κ1) is 14.8. The summed E-state index contributed by atoms with van der Waals surface area (Å²) in [6.07, 6.45) is 3.79. The molecule has 3 aromatic heterocycles. The van der Waals surface area contributed by atoms with Crippen molar-refractivity contribution in [2.75, 3.05) is 18.0 Å². The summed E-state index contributed by atoms with van der Waals surface area (Å²) in [5.74, 6) is 2.16. The number of halogens is 1. The Balaban J connectivity index is 1.93. The lowest BCUT2D eigenvalue weighted by atomic mass is 9.99. The lowest BCUT2D eigenvalue weighted by Gasteiger charge is -2.33. The third-order valence-corrected chi connectivity index (χ3v) is 5.31. The average Bonchev–Trinajstić information content (AvgIpc) is 3.15. The van der Waals surface area contributed by atoms with Crippen LogP contribution in [0.5, 0.6) is 0 Å². The highest BCUT2D eigenvalue weighted by Crippen LogP contribution is 2.38. The van der Waals surface area contributed by atoms with Crippen LogP contribution in [0.4, 0.5) is 5.82 Å². The van der Waals surface area contributed by atoms with Crippen molar-refractivity contribution in [2.24, 2.45) is 5.92 Å². The van der Waals surface area contributed by atoms with Crippen molar-refractivity contribution in [3.63, 3.8) is 0 Å². The number of rotatable bonds is 2. The molecule has 0 unspecified atom stereocenters. The number of aromatic nitrogens is 6. The zero-order chi connectivity index (χ0) is 16.0. The minimum absolute atomic E-state index is 0.398. The van der Waals surface area contributed by atoms with E-state index in [9.17, 15) is 0 Å². The van der Waals surface area contributed by atoms with Crippen LogP contribution < -0.4 is 4.90 Å². The van der Waals surface area contributed by atoms with Gasteiger partial charge in [0, 0.05) is 13.1 Å². The molecule has 0 spiro atoms. The van der Waals surface area contributed by atoms with E-state index in [1.165, 1.54) is 17.7 Å². The second-order valence-electron chi connectivity index (χ2n) is 5.87. The number of hydrogen-bond donors (Lipinski definition) is 0. The van der Waals surface area contributed by atoms with Gasteiger partial charge in [0.15, 0.2) is 5.01 Å². The average molecular weight is 350 g/mol. The summed E-state index contributed by atoms with van der Waals surface area (Å²) in [5, 5.41) is 14.8. The van der Waals surface area contributed by atoms with E-state index in [0.717, 1.165) is 53.2 Å². The molecule has 0 amide bonds. The predicted octanol–water partition coefficient (Wildman–Crippen LogP) is 2.84. The molecule has 0 aliphatic carbocycles. The zero-order valence-electron chi connectivity index (χ0n) is 12.9. The van der Waals surface area contributed by atoms with Crippen LogP contribution in [0.15, 0.2) is 6.33 Å². The van der Waals surface area contributed by atoms with Crippen molar-refractivity contribution in [2.45, 2.75) is 26.7 Å². The number of aryl methyl sites for hydroxylation is 1. The van der Waals surface area contributed by atoms with Gasteiger partial charge in [-0.15, -0.1) is 10.2 Å². The molecular weight excluding hydrogens is 334 g/mol. The molecule has 7 nitrogen and oxygen atoms in total. The van der Waals surface area contributed by atoms with E-state index in [0.29, 0.717) is 10.9 Å². The van der Waals surface area contributed by atoms with Crippen LogP contribution in [-0.2, 0) is 0 Å². The fourth-order valence-electron chi connectivity index (χ4n) is 2.90. The van der Waals surface area contributed by atoms with Gasteiger partial charge in [0.2, 0.25) is 0 Å². The molecule has 1 fully saturated rings. The lowest BCUT2D eigenvalue weighted by molar-refractivity contribution is 0.435. The quantitative estimate of drug-likeness (QED) is 0.662. The largest absolute Gasteiger partial charge is 0.356 e. The molecule has 1 aliphatic heterocycles. The lowest BCUT2D eigenvalue weighted by Crippen LogP contribution is -2.34. The van der Waals surface area contributed by atoms with E-state index in [1.807, 2.05) is 6.92 Å². The van der Waals surface area contributed by atoms with Crippen molar-refractivity contribution in [3.05, 3.63) is 16.5 Å². The second-order valence-corrected chi connectivity index (χ2v) is 7.41. The maximum Gasteiger partial charge on any atom is 0.255 e. The topological polar surface area (TPSA) is 72.1 Å². The number of anilines is 1. The van der Waals surface area contributed by atoms with Crippen LogP contribution in [0.3, 0.4) is 0 Å². The predicted molar refractivity (Wildman–Crippen MR) is 90.0 cm³/mol. The van der Waals surface area contributed by atoms with Gasteiger partial charge in [0.05, 0.1) is 5.56 Å². The van der Waals surface area contributed by atoms with E-state index in [-0.39, 0.29) is 0 Å². The molecule has 4 rings (SSSR count). The van der Waals surface area contributed by atoms with Gasteiger partial charge >= 0.3 is 0 Å².